The molecular weight excluding hydrogens is 214 g/mol. The molecule has 0 heterocycles. The molecule has 0 saturated heterocycles. The van der Waals surface area contributed by atoms with Crippen molar-refractivity contribution in [2.75, 3.05) is 25.6 Å². The van der Waals surface area contributed by atoms with Gasteiger partial charge >= 0.3 is 0 Å². The number of nitrogens with one attached hydrogen (secondary N) is 1. The quantitative estimate of drug-likeness (QED) is 0.788. The minimum Gasteiger partial charge on any atom is -0.494 e. The molecule has 0 aromatic heterocycles. The lowest BCUT2D eigenvalue weighted by molar-refractivity contribution is 0.179. The minimum absolute atomic E-state index is 0.428. The Kier molecular flexibility index (Phi) is 4.26. The van der Waals surface area contributed by atoms with Gasteiger partial charge in [0.15, 0.2) is 0 Å². The fourth-order valence-corrected chi connectivity index (χ4v) is 2.03. The summed E-state index contributed by atoms with van der Waals surface area (Å²) < 4.78 is 10.8. The third kappa shape index (κ3) is 3.63. The van der Waals surface area contributed by atoms with Gasteiger partial charge in [-0.2, -0.15) is 0 Å². The number of benzene rings is 1. The van der Waals surface area contributed by atoms with Gasteiger partial charge in [0.05, 0.1) is 19.3 Å². The molecule has 1 aliphatic carbocycles. The predicted octanol–water partition coefficient (Wildman–Crippen LogP) is 2.92. The molecule has 0 aliphatic heterocycles. The molecule has 3 nitrogen and oxygen atoms in total. The van der Waals surface area contributed by atoms with Crippen LogP contribution in [0.4, 0.5) is 5.69 Å². The maximum absolute atomic E-state index is 5.49. The molecule has 94 valence electrons. The first-order valence-electron chi connectivity index (χ1n) is 6.31. The number of rotatable bonds is 7. The highest BCUT2D eigenvalue weighted by Crippen LogP contribution is 2.34. The van der Waals surface area contributed by atoms with Crippen molar-refractivity contribution in [2.24, 2.45) is 5.92 Å². The molecule has 17 heavy (non-hydrogen) atoms. The molecule has 1 aromatic carbocycles. The van der Waals surface area contributed by atoms with E-state index < -0.39 is 0 Å². The second kappa shape index (κ2) is 5.92. The van der Waals surface area contributed by atoms with Gasteiger partial charge in [-0.05, 0) is 37.8 Å². The third-order valence-corrected chi connectivity index (χ3v) is 3.03. The number of hydrogen-bond acceptors (Lipinski definition) is 3. The van der Waals surface area contributed by atoms with E-state index in [0.717, 1.165) is 24.0 Å². The number of anilines is 1. The average Bonchev–Trinajstić information content (AvgIpc) is 3.13. The van der Waals surface area contributed by atoms with Gasteiger partial charge in [-0.3, -0.25) is 0 Å². The van der Waals surface area contributed by atoms with E-state index in [4.69, 9.17) is 9.47 Å². The van der Waals surface area contributed by atoms with Crippen LogP contribution in [-0.4, -0.2) is 26.4 Å². The van der Waals surface area contributed by atoms with Gasteiger partial charge < -0.3 is 14.8 Å². The van der Waals surface area contributed by atoms with E-state index in [0.29, 0.717) is 12.6 Å². The van der Waals surface area contributed by atoms with Crippen LogP contribution in [-0.2, 0) is 4.74 Å². The molecule has 1 unspecified atom stereocenters. The Bertz CT molecular complexity index is 350. The molecule has 2 rings (SSSR count). The molecule has 1 N–H and O–H groups in total. The Hall–Kier alpha value is -1.22. The molecule has 1 atom stereocenters. The van der Waals surface area contributed by atoms with E-state index in [1.807, 2.05) is 19.1 Å². The second-order valence-corrected chi connectivity index (χ2v) is 4.50. The minimum atomic E-state index is 0.428. The second-order valence-electron chi connectivity index (χ2n) is 4.50. The Balaban J connectivity index is 1.97. The highest BCUT2D eigenvalue weighted by molar-refractivity contribution is 5.49. The van der Waals surface area contributed by atoms with E-state index in [1.165, 1.54) is 12.8 Å². The molecular formula is C14H21NO2. The van der Waals surface area contributed by atoms with Crippen molar-refractivity contribution in [1.29, 1.82) is 0 Å². The number of hydrogen-bond donors (Lipinski definition) is 1. The van der Waals surface area contributed by atoms with Gasteiger partial charge in [0, 0.05) is 18.9 Å². The van der Waals surface area contributed by atoms with Crippen LogP contribution in [0.25, 0.3) is 0 Å². The van der Waals surface area contributed by atoms with Crippen LogP contribution < -0.4 is 10.1 Å². The summed E-state index contributed by atoms with van der Waals surface area (Å²) in [6, 6.07) is 8.56. The fraction of sp³-hybridized carbons (Fsp3) is 0.571. The van der Waals surface area contributed by atoms with E-state index in [2.05, 4.69) is 17.4 Å². The highest BCUT2D eigenvalue weighted by Gasteiger charge is 2.31. The van der Waals surface area contributed by atoms with Crippen molar-refractivity contribution in [3.63, 3.8) is 0 Å². The predicted molar refractivity (Wildman–Crippen MR) is 69.6 cm³/mol. The average molecular weight is 235 g/mol. The first-order valence-corrected chi connectivity index (χ1v) is 6.31. The van der Waals surface area contributed by atoms with Gasteiger partial charge in [0.2, 0.25) is 0 Å². The molecule has 0 bridgehead atoms. The van der Waals surface area contributed by atoms with E-state index in [1.54, 1.807) is 7.11 Å². The Morgan fingerprint density at radius 3 is 2.88 bits per heavy atom. The maximum Gasteiger partial charge on any atom is 0.121 e. The Morgan fingerprint density at radius 2 is 2.24 bits per heavy atom. The lowest BCUT2D eigenvalue weighted by Crippen LogP contribution is -2.27. The first-order chi connectivity index (χ1) is 8.33. The standard InChI is InChI=1S/C14H21NO2/c1-3-17-13-6-4-5-12(9-13)15-14(10-16-2)11-7-8-11/h4-6,9,11,14-15H,3,7-8,10H2,1-2H3. The van der Waals surface area contributed by atoms with Crippen LogP contribution in [0.15, 0.2) is 24.3 Å². The summed E-state index contributed by atoms with van der Waals surface area (Å²) in [4.78, 5) is 0. The molecule has 0 amide bonds. The van der Waals surface area contributed by atoms with Crippen LogP contribution in [0.1, 0.15) is 19.8 Å². The molecule has 1 aliphatic rings. The summed E-state index contributed by atoms with van der Waals surface area (Å²) >= 11 is 0. The SMILES string of the molecule is CCOc1cccc(NC(COC)C2CC2)c1. The maximum atomic E-state index is 5.49. The van der Waals surface area contributed by atoms with E-state index >= 15 is 0 Å². The smallest absolute Gasteiger partial charge is 0.121 e. The van der Waals surface area contributed by atoms with Crippen molar-refractivity contribution < 1.29 is 9.47 Å². The summed E-state index contributed by atoms with van der Waals surface area (Å²) in [5, 5.41) is 3.54. The lowest BCUT2D eigenvalue weighted by atomic mass is 10.2. The summed E-state index contributed by atoms with van der Waals surface area (Å²) in [6.07, 6.45) is 2.62. The summed E-state index contributed by atoms with van der Waals surface area (Å²) in [5.74, 6) is 1.69. The number of ether oxygens (including phenoxy) is 2. The zero-order valence-corrected chi connectivity index (χ0v) is 10.6. The van der Waals surface area contributed by atoms with Gasteiger partial charge in [0.1, 0.15) is 5.75 Å². The van der Waals surface area contributed by atoms with Crippen molar-refractivity contribution in [1.82, 2.24) is 0 Å². The van der Waals surface area contributed by atoms with Gasteiger partial charge in [-0.15, -0.1) is 0 Å². The zero-order valence-electron chi connectivity index (χ0n) is 10.6. The zero-order chi connectivity index (χ0) is 12.1. The van der Waals surface area contributed by atoms with Crippen molar-refractivity contribution in [3.05, 3.63) is 24.3 Å². The lowest BCUT2D eigenvalue weighted by Gasteiger charge is -2.19. The largest absolute Gasteiger partial charge is 0.494 e. The summed E-state index contributed by atoms with van der Waals surface area (Å²) in [7, 11) is 1.76. The monoisotopic (exact) mass is 235 g/mol. The molecule has 0 spiro atoms. The third-order valence-electron chi connectivity index (χ3n) is 3.03. The van der Waals surface area contributed by atoms with Gasteiger partial charge in [-0.1, -0.05) is 6.07 Å². The topological polar surface area (TPSA) is 30.5 Å². The highest BCUT2D eigenvalue weighted by atomic mass is 16.5. The molecule has 1 fully saturated rings. The van der Waals surface area contributed by atoms with Crippen molar-refractivity contribution >= 4 is 5.69 Å². The van der Waals surface area contributed by atoms with Gasteiger partial charge in [0.25, 0.3) is 0 Å². The van der Waals surface area contributed by atoms with Crippen LogP contribution in [0, 0.1) is 5.92 Å². The normalized spacial score (nSPS) is 16.6. The van der Waals surface area contributed by atoms with Crippen LogP contribution in [0.2, 0.25) is 0 Å². The van der Waals surface area contributed by atoms with Crippen LogP contribution in [0.5, 0.6) is 5.75 Å². The summed E-state index contributed by atoms with van der Waals surface area (Å²) in [6.45, 7) is 3.47. The number of methoxy groups -OCH3 is 1. The molecule has 0 radical (unpaired) electrons. The fourth-order valence-electron chi connectivity index (χ4n) is 2.03. The Morgan fingerprint density at radius 1 is 1.41 bits per heavy atom. The summed E-state index contributed by atoms with van der Waals surface area (Å²) in [5.41, 5.74) is 1.12. The van der Waals surface area contributed by atoms with Crippen molar-refractivity contribution in [2.45, 2.75) is 25.8 Å². The van der Waals surface area contributed by atoms with Gasteiger partial charge in [-0.25, -0.2) is 0 Å². The van der Waals surface area contributed by atoms with E-state index in [-0.39, 0.29) is 0 Å². The van der Waals surface area contributed by atoms with Crippen molar-refractivity contribution in [3.8, 4) is 5.75 Å². The first kappa shape index (κ1) is 12.2. The Labute approximate surface area is 103 Å². The molecule has 3 heteroatoms. The van der Waals surface area contributed by atoms with E-state index in [9.17, 15) is 0 Å². The van der Waals surface area contributed by atoms with Crippen LogP contribution in [0.3, 0.4) is 0 Å². The molecule has 1 aromatic rings. The molecule has 1 saturated carbocycles. The van der Waals surface area contributed by atoms with Crippen LogP contribution >= 0.6 is 0 Å².